The van der Waals surface area contributed by atoms with Crippen molar-refractivity contribution in [1.82, 2.24) is 9.88 Å². The molecule has 0 unspecified atom stereocenters. The maximum atomic E-state index is 12.5. The largest absolute Gasteiger partial charge is 0.347 e. The van der Waals surface area contributed by atoms with E-state index >= 15 is 0 Å². The fourth-order valence-electron chi connectivity index (χ4n) is 2.92. The van der Waals surface area contributed by atoms with Crippen molar-refractivity contribution in [2.75, 3.05) is 0 Å². The Balaban J connectivity index is 1.68. The summed E-state index contributed by atoms with van der Waals surface area (Å²) in [6.07, 6.45) is 0.767. The van der Waals surface area contributed by atoms with Gasteiger partial charge in [0, 0.05) is 18.8 Å². The molecule has 0 radical (unpaired) electrons. The second-order valence-corrected chi connectivity index (χ2v) is 7.30. The Kier molecular flexibility index (Phi) is 5.68. The Morgan fingerprint density at radius 1 is 1.04 bits per heavy atom. The number of aromatic nitrogens is 1. The smallest absolute Gasteiger partial charge is 0.308 e. The predicted octanol–water partition coefficient (Wildman–Crippen LogP) is 3.70. The van der Waals surface area contributed by atoms with Gasteiger partial charge >= 0.3 is 4.87 Å². The summed E-state index contributed by atoms with van der Waals surface area (Å²) in [5.74, 6) is -0.190. The molecule has 1 N–H and O–H groups in total. The average Bonchev–Trinajstić information content (AvgIpc) is 2.93. The molecule has 5 heteroatoms. The lowest BCUT2D eigenvalue weighted by molar-refractivity contribution is 0.0954. The third kappa shape index (κ3) is 4.29. The molecule has 0 aliphatic rings. The first-order chi connectivity index (χ1) is 12.5. The first kappa shape index (κ1) is 18.1. The van der Waals surface area contributed by atoms with E-state index in [4.69, 9.17) is 0 Å². The number of thiazole rings is 1. The van der Waals surface area contributed by atoms with Crippen LogP contribution in [0.5, 0.6) is 0 Å². The highest BCUT2D eigenvalue weighted by Gasteiger charge is 2.17. The van der Waals surface area contributed by atoms with Gasteiger partial charge in [-0.05, 0) is 31.4 Å². The van der Waals surface area contributed by atoms with Gasteiger partial charge in [0.25, 0.3) is 5.91 Å². The lowest BCUT2D eigenvalue weighted by Crippen LogP contribution is -2.23. The normalized spacial score (nSPS) is 10.7. The van der Waals surface area contributed by atoms with E-state index in [1.54, 1.807) is 4.57 Å². The van der Waals surface area contributed by atoms with Crippen LogP contribution >= 0.6 is 11.3 Å². The summed E-state index contributed by atoms with van der Waals surface area (Å²) in [5, 5.41) is 2.92. The zero-order valence-corrected chi connectivity index (χ0v) is 15.8. The minimum Gasteiger partial charge on any atom is -0.347 e. The molecule has 0 aliphatic carbocycles. The molecule has 0 saturated heterocycles. The average molecular weight is 366 g/mol. The summed E-state index contributed by atoms with van der Waals surface area (Å²) < 4.78 is 1.69. The molecule has 2 aromatic carbocycles. The molecule has 0 atom stereocenters. The van der Waals surface area contributed by atoms with E-state index in [2.05, 4.69) is 5.32 Å². The number of hydrogen-bond donors (Lipinski definition) is 1. The predicted molar refractivity (Wildman–Crippen MR) is 106 cm³/mol. The number of benzene rings is 2. The molecule has 1 heterocycles. The van der Waals surface area contributed by atoms with Crippen molar-refractivity contribution in [3.8, 4) is 0 Å². The van der Waals surface area contributed by atoms with Crippen molar-refractivity contribution in [3.63, 3.8) is 0 Å². The van der Waals surface area contributed by atoms with Crippen LogP contribution in [-0.2, 0) is 19.5 Å². The minimum absolute atomic E-state index is 0.0841. The van der Waals surface area contributed by atoms with E-state index in [0.29, 0.717) is 18.0 Å². The molecule has 0 aliphatic heterocycles. The molecular formula is C21H22N2O2S. The SMILES string of the molecule is Cc1cccc(CNC(=O)c2sc(=O)n(CCc3ccccc3)c2C)c1. The van der Waals surface area contributed by atoms with Gasteiger partial charge in [-0.3, -0.25) is 9.59 Å². The lowest BCUT2D eigenvalue weighted by Gasteiger charge is -2.07. The maximum Gasteiger partial charge on any atom is 0.308 e. The molecular weight excluding hydrogens is 344 g/mol. The van der Waals surface area contributed by atoms with Gasteiger partial charge in [0.05, 0.1) is 0 Å². The standard InChI is InChI=1S/C21H22N2O2S/c1-15-7-6-10-18(13-15)14-22-20(24)19-16(2)23(21(25)26-19)12-11-17-8-4-3-5-9-17/h3-10,13H,11-12,14H2,1-2H3,(H,22,24). The van der Waals surface area contributed by atoms with Crippen molar-refractivity contribution in [2.24, 2.45) is 0 Å². The van der Waals surface area contributed by atoms with Crippen molar-refractivity contribution in [3.05, 3.63) is 91.5 Å². The van der Waals surface area contributed by atoms with Crippen molar-refractivity contribution >= 4 is 17.2 Å². The fourth-order valence-corrected chi connectivity index (χ4v) is 3.85. The first-order valence-electron chi connectivity index (χ1n) is 8.62. The number of rotatable bonds is 6. The third-order valence-corrected chi connectivity index (χ3v) is 5.43. The molecule has 134 valence electrons. The van der Waals surface area contributed by atoms with E-state index in [9.17, 15) is 9.59 Å². The van der Waals surface area contributed by atoms with Crippen LogP contribution < -0.4 is 10.2 Å². The van der Waals surface area contributed by atoms with E-state index < -0.39 is 0 Å². The Labute approximate surface area is 157 Å². The van der Waals surface area contributed by atoms with Crippen LogP contribution in [0.4, 0.5) is 0 Å². The number of aryl methyl sites for hydroxylation is 2. The van der Waals surface area contributed by atoms with E-state index in [-0.39, 0.29) is 10.8 Å². The van der Waals surface area contributed by atoms with E-state index in [1.807, 2.05) is 68.4 Å². The maximum absolute atomic E-state index is 12.5. The molecule has 3 rings (SSSR count). The molecule has 0 saturated carbocycles. The van der Waals surface area contributed by atoms with Crippen LogP contribution in [0.15, 0.2) is 59.4 Å². The lowest BCUT2D eigenvalue weighted by atomic mass is 10.1. The van der Waals surface area contributed by atoms with Gasteiger partial charge in [0.15, 0.2) is 0 Å². The van der Waals surface area contributed by atoms with Gasteiger partial charge in [0.1, 0.15) is 4.88 Å². The number of carbonyl (C=O) groups excluding carboxylic acids is 1. The minimum atomic E-state index is -0.190. The number of hydrogen-bond acceptors (Lipinski definition) is 3. The van der Waals surface area contributed by atoms with Crippen LogP contribution in [-0.4, -0.2) is 10.5 Å². The highest BCUT2D eigenvalue weighted by atomic mass is 32.1. The summed E-state index contributed by atoms with van der Waals surface area (Å²) in [7, 11) is 0. The molecule has 3 aromatic rings. The number of nitrogens with one attached hydrogen (secondary N) is 1. The molecule has 4 nitrogen and oxygen atoms in total. The van der Waals surface area contributed by atoms with E-state index in [1.165, 1.54) is 5.56 Å². The Bertz CT molecular complexity index is 958. The quantitative estimate of drug-likeness (QED) is 0.723. The summed E-state index contributed by atoms with van der Waals surface area (Å²) in [6.45, 7) is 4.89. The number of carbonyl (C=O) groups is 1. The van der Waals surface area contributed by atoms with Crippen LogP contribution in [0.25, 0.3) is 0 Å². The Morgan fingerprint density at radius 2 is 1.77 bits per heavy atom. The van der Waals surface area contributed by atoms with Gasteiger partial charge in [-0.2, -0.15) is 0 Å². The second kappa shape index (κ2) is 8.15. The summed E-state index contributed by atoms with van der Waals surface area (Å²) >= 11 is 1.02. The zero-order chi connectivity index (χ0) is 18.5. The van der Waals surface area contributed by atoms with Gasteiger partial charge in [0.2, 0.25) is 0 Å². The number of nitrogens with zero attached hydrogens (tertiary/aromatic N) is 1. The number of amides is 1. The summed E-state index contributed by atoms with van der Waals surface area (Å²) in [6, 6.07) is 18.1. The molecule has 0 spiro atoms. The van der Waals surface area contributed by atoms with Crippen molar-refractivity contribution in [2.45, 2.75) is 33.4 Å². The highest BCUT2D eigenvalue weighted by molar-refractivity contribution is 7.11. The zero-order valence-electron chi connectivity index (χ0n) is 15.0. The first-order valence-corrected chi connectivity index (χ1v) is 9.44. The summed E-state index contributed by atoms with van der Waals surface area (Å²) in [5.41, 5.74) is 4.12. The molecule has 0 bridgehead atoms. The van der Waals surface area contributed by atoms with E-state index in [0.717, 1.165) is 34.6 Å². The topological polar surface area (TPSA) is 51.1 Å². The van der Waals surface area contributed by atoms with Crippen LogP contribution in [0.1, 0.15) is 32.1 Å². The van der Waals surface area contributed by atoms with Gasteiger partial charge in [-0.1, -0.05) is 71.5 Å². The Morgan fingerprint density at radius 3 is 2.50 bits per heavy atom. The van der Waals surface area contributed by atoms with Crippen LogP contribution in [0.3, 0.4) is 0 Å². The molecule has 26 heavy (non-hydrogen) atoms. The second-order valence-electron chi connectivity index (χ2n) is 6.34. The van der Waals surface area contributed by atoms with Crippen LogP contribution in [0.2, 0.25) is 0 Å². The van der Waals surface area contributed by atoms with Crippen LogP contribution in [0, 0.1) is 13.8 Å². The molecule has 1 aromatic heterocycles. The van der Waals surface area contributed by atoms with Crippen molar-refractivity contribution in [1.29, 1.82) is 0 Å². The van der Waals surface area contributed by atoms with Gasteiger partial charge in [-0.25, -0.2) is 0 Å². The molecule has 1 amide bonds. The highest BCUT2D eigenvalue weighted by Crippen LogP contribution is 2.13. The van der Waals surface area contributed by atoms with Crippen molar-refractivity contribution < 1.29 is 4.79 Å². The molecule has 0 fully saturated rings. The fraction of sp³-hybridized carbons (Fsp3) is 0.238. The summed E-state index contributed by atoms with van der Waals surface area (Å²) in [4.78, 5) is 25.2. The monoisotopic (exact) mass is 366 g/mol. The van der Waals surface area contributed by atoms with Gasteiger partial charge in [-0.15, -0.1) is 0 Å². The Hall–Kier alpha value is -2.66. The third-order valence-electron chi connectivity index (χ3n) is 4.35. The van der Waals surface area contributed by atoms with Gasteiger partial charge < -0.3 is 9.88 Å².